The highest BCUT2D eigenvalue weighted by atomic mass is 32.2. The molecule has 2 unspecified atom stereocenters. The van der Waals surface area contributed by atoms with Gasteiger partial charge in [-0.1, -0.05) is 0 Å². The summed E-state index contributed by atoms with van der Waals surface area (Å²) >= 11 is 0. The lowest BCUT2D eigenvalue weighted by Crippen LogP contribution is -2.50. The highest BCUT2D eigenvalue weighted by Gasteiger charge is 2.30. The van der Waals surface area contributed by atoms with Crippen molar-refractivity contribution in [3.63, 3.8) is 0 Å². The molecule has 0 aromatic heterocycles. The molecular weight excluding hydrogens is 292 g/mol. The van der Waals surface area contributed by atoms with Crippen LogP contribution in [0, 0.1) is 0 Å². The van der Waals surface area contributed by atoms with Crippen molar-refractivity contribution in [2.24, 2.45) is 4.99 Å². The van der Waals surface area contributed by atoms with E-state index < -0.39 is 10.0 Å². The molecule has 0 saturated carbocycles. The van der Waals surface area contributed by atoms with Crippen LogP contribution in [0.1, 0.15) is 27.7 Å². The molecule has 1 aliphatic rings. The van der Waals surface area contributed by atoms with Gasteiger partial charge in [0.15, 0.2) is 5.96 Å². The minimum atomic E-state index is -3.27. The van der Waals surface area contributed by atoms with E-state index in [2.05, 4.69) is 15.6 Å². The lowest BCUT2D eigenvalue weighted by atomic mass is 10.3. The highest BCUT2D eigenvalue weighted by Crippen LogP contribution is 2.14. The zero-order valence-electron chi connectivity index (χ0n) is 13.6. The molecule has 0 radical (unpaired) electrons. The fourth-order valence-electron chi connectivity index (χ4n) is 2.25. The lowest BCUT2D eigenvalue weighted by Gasteiger charge is -2.34. The van der Waals surface area contributed by atoms with Crippen LogP contribution in [0.3, 0.4) is 0 Å². The zero-order valence-corrected chi connectivity index (χ0v) is 14.4. The average molecular weight is 320 g/mol. The Labute approximate surface area is 128 Å². The van der Waals surface area contributed by atoms with Crippen molar-refractivity contribution in [3.05, 3.63) is 0 Å². The first-order valence-corrected chi connectivity index (χ1v) is 8.96. The number of guanidine groups is 1. The number of sulfonamides is 1. The molecule has 0 spiro atoms. The average Bonchev–Trinajstić information content (AvgIpc) is 2.35. The number of nitrogens with one attached hydrogen (secondary N) is 2. The van der Waals surface area contributed by atoms with E-state index in [0.717, 1.165) is 0 Å². The SMILES string of the molecule is CN=C(NCCS(=O)(=O)N1CC(C)OC(C)C1)NC(C)C. The van der Waals surface area contributed by atoms with Crippen LogP contribution in [-0.2, 0) is 14.8 Å². The molecule has 21 heavy (non-hydrogen) atoms. The molecule has 124 valence electrons. The van der Waals surface area contributed by atoms with Gasteiger partial charge in [0.1, 0.15) is 0 Å². The van der Waals surface area contributed by atoms with Crippen LogP contribution in [0.25, 0.3) is 0 Å². The molecule has 1 aliphatic heterocycles. The molecule has 1 saturated heterocycles. The normalized spacial score (nSPS) is 25.1. The quantitative estimate of drug-likeness (QED) is 0.550. The van der Waals surface area contributed by atoms with Gasteiger partial charge in [0.2, 0.25) is 10.0 Å². The summed E-state index contributed by atoms with van der Waals surface area (Å²) in [5, 5.41) is 6.14. The van der Waals surface area contributed by atoms with E-state index in [1.807, 2.05) is 27.7 Å². The third-order valence-electron chi connectivity index (χ3n) is 3.08. The largest absolute Gasteiger partial charge is 0.373 e. The zero-order chi connectivity index (χ0) is 16.0. The third-order valence-corrected chi connectivity index (χ3v) is 4.89. The second-order valence-corrected chi connectivity index (χ2v) is 7.78. The third kappa shape index (κ3) is 6.19. The first kappa shape index (κ1) is 18.2. The smallest absolute Gasteiger partial charge is 0.216 e. The van der Waals surface area contributed by atoms with Gasteiger partial charge < -0.3 is 15.4 Å². The summed E-state index contributed by atoms with van der Waals surface area (Å²) in [6.07, 6.45) is -0.126. The Bertz CT molecular complexity index is 440. The van der Waals surface area contributed by atoms with Crippen LogP contribution in [0.2, 0.25) is 0 Å². The Hall–Kier alpha value is -0.860. The van der Waals surface area contributed by atoms with Crippen molar-refractivity contribution in [3.8, 4) is 0 Å². The Morgan fingerprint density at radius 3 is 2.38 bits per heavy atom. The molecule has 0 aromatic rings. The number of morpholine rings is 1. The Kier molecular flexibility index (Phi) is 6.89. The van der Waals surface area contributed by atoms with Crippen molar-refractivity contribution in [1.82, 2.24) is 14.9 Å². The van der Waals surface area contributed by atoms with Crippen molar-refractivity contribution < 1.29 is 13.2 Å². The number of aliphatic imine (C=N–C) groups is 1. The van der Waals surface area contributed by atoms with E-state index in [-0.39, 0.29) is 24.0 Å². The molecule has 0 aliphatic carbocycles. The molecule has 1 heterocycles. The van der Waals surface area contributed by atoms with E-state index in [1.54, 1.807) is 7.05 Å². The molecule has 0 amide bonds. The fraction of sp³-hybridized carbons (Fsp3) is 0.923. The monoisotopic (exact) mass is 320 g/mol. The maximum absolute atomic E-state index is 12.3. The van der Waals surface area contributed by atoms with Crippen molar-refractivity contribution in [2.45, 2.75) is 45.9 Å². The van der Waals surface area contributed by atoms with E-state index in [1.165, 1.54) is 4.31 Å². The second kappa shape index (κ2) is 7.95. The summed E-state index contributed by atoms with van der Waals surface area (Å²) in [7, 11) is -1.61. The molecule has 0 bridgehead atoms. The van der Waals surface area contributed by atoms with Gasteiger partial charge in [0.05, 0.1) is 18.0 Å². The first-order chi connectivity index (χ1) is 9.74. The summed E-state index contributed by atoms with van der Waals surface area (Å²) in [6, 6.07) is 0.244. The summed E-state index contributed by atoms with van der Waals surface area (Å²) in [5.41, 5.74) is 0. The summed E-state index contributed by atoms with van der Waals surface area (Å²) in [5.74, 6) is 0.662. The van der Waals surface area contributed by atoms with Crippen LogP contribution in [0.4, 0.5) is 0 Å². The number of hydrogen-bond donors (Lipinski definition) is 2. The van der Waals surface area contributed by atoms with Gasteiger partial charge in [-0.05, 0) is 27.7 Å². The van der Waals surface area contributed by atoms with Crippen molar-refractivity contribution >= 4 is 16.0 Å². The number of hydrogen-bond acceptors (Lipinski definition) is 4. The molecule has 1 fully saturated rings. The van der Waals surface area contributed by atoms with Crippen LogP contribution in [0.15, 0.2) is 4.99 Å². The summed E-state index contributed by atoms with van der Waals surface area (Å²) in [4.78, 5) is 4.05. The van der Waals surface area contributed by atoms with E-state index in [0.29, 0.717) is 25.6 Å². The van der Waals surface area contributed by atoms with Gasteiger partial charge in [0.25, 0.3) is 0 Å². The number of ether oxygens (including phenoxy) is 1. The number of rotatable bonds is 5. The lowest BCUT2D eigenvalue weighted by molar-refractivity contribution is -0.0440. The molecular formula is C13H28N4O3S. The minimum absolute atomic E-state index is 0.0469. The predicted octanol–water partition coefficient (Wildman–Crippen LogP) is -0.00120. The molecule has 2 atom stereocenters. The minimum Gasteiger partial charge on any atom is -0.373 e. The number of nitrogens with zero attached hydrogens (tertiary/aromatic N) is 2. The van der Waals surface area contributed by atoms with Crippen LogP contribution < -0.4 is 10.6 Å². The summed E-state index contributed by atoms with van der Waals surface area (Å²) < 4.78 is 31.8. The first-order valence-electron chi connectivity index (χ1n) is 7.35. The Morgan fingerprint density at radius 2 is 1.90 bits per heavy atom. The van der Waals surface area contributed by atoms with Gasteiger partial charge in [-0.2, -0.15) is 4.31 Å². The Morgan fingerprint density at radius 1 is 1.33 bits per heavy atom. The van der Waals surface area contributed by atoms with Crippen molar-refractivity contribution in [1.29, 1.82) is 0 Å². The van der Waals surface area contributed by atoms with E-state index in [9.17, 15) is 8.42 Å². The predicted molar refractivity (Wildman–Crippen MR) is 85.0 cm³/mol. The van der Waals surface area contributed by atoms with Gasteiger partial charge >= 0.3 is 0 Å². The molecule has 8 heteroatoms. The maximum atomic E-state index is 12.3. The maximum Gasteiger partial charge on any atom is 0.216 e. The van der Waals surface area contributed by atoms with Crippen LogP contribution in [0.5, 0.6) is 0 Å². The molecule has 7 nitrogen and oxygen atoms in total. The van der Waals surface area contributed by atoms with Crippen LogP contribution >= 0.6 is 0 Å². The second-order valence-electron chi connectivity index (χ2n) is 5.69. The van der Waals surface area contributed by atoms with E-state index in [4.69, 9.17) is 4.74 Å². The van der Waals surface area contributed by atoms with Gasteiger partial charge in [-0.3, -0.25) is 4.99 Å². The standard InChI is InChI=1S/C13H28N4O3S/c1-10(2)16-13(14-5)15-6-7-21(18,19)17-8-11(3)20-12(4)9-17/h10-12H,6-9H2,1-5H3,(H2,14,15,16). The Balaban J connectivity index is 2.49. The molecule has 1 rings (SSSR count). The fourth-order valence-corrected chi connectivity index (χ4v) is 3.75. The summed E-state index contributed by atoms with van der Waals surface area (Å²) in [6.45, 7) is 8.96. The van der Waals surface area contributed by atoms with Gasteiger partial charge in [-0.25, -0.2) is 8.42 Å². The van der Waals surface area contributed by atoms with Crippen molar-refractivity contribution in [2.75, 3.05) is 32.4 Å². The highest BCUT2D eigenvalue weighted by molar-refractivity contribution is 7.89. The topological polar surface area (TPSA) is 83.0 Å². The van der Waals surface area contributed by atoms with E-state index >= 15 is 0 Å². The van der Waals surface area contributed by atoms with Crippen LogP contribution in [-0.4, -0.2) is 69.4 Å². The van der Waals surface area contributed by atoms with Gasteiger partial charge in [-0.15, -0.1) is 0 Å². The molecule has 0 aromatic carbocycles. The molecule has 2 N–H and O–H groups in total. The van der Waals surface area contributed by atoms with Gasteiger partial charge in [0, 0.05) is 32.7 Å².